The number of nitrogens with zero attached hydrogens (tertiary/aromatic N) is 3. The van der Waals surface area contributed by atoms with E-state index in [2.05, 4.69) is 32.8 Å². The summed E-state index contributed by atoms with van der Waals surface area (Å²) < 4.78 is 1.59. The van der Waals surface area contributed by atoms with Crippen LogP contribution in [0, 0.1) is 11.8 Å². The number of nitrogen functional groups attached to an aromatic ring is 1. The highest BCUT2D eigenvalue weighted by molar-refractivity contribution is 5.76. The van der Waals surface area contributed by atoms with Crippen LogP contribution >= 0.6 is 0 Å². The molecule has 1 amide bonds. The molecule has 0 bridgehead atoms. The zero-order chi connectivity index (χ0) is 13.7. The van der Waals surface area contributed by atoms with E-state index in [1.54, 1.807) is 17.1 Å². The summed E-state index contributed by atoms with van der Waals surface area (Å²) in [6.45, 7) is 10.3. The summed E-state index contributed by atoms with van der Waals surface area (Å²) in [6, 6.07) is 0. The van der Waals surface area contributed by atoms with Gasteiger partial charge in [-0.05, 0) is 11.8 Å². The number of carbonyl (C=O) groups is 1. The molecule has 5 nitrogen and oxygen atoms in total. The van der Waals surface area contributed by atoms with E-state index >= 15 is 0 Å². The Morgan fingerprint density at radius 3 is 2.28 bits per heavy atom. The Hall–Kier alpha value is -1.52. The topological polar surface area (TPSA) is 64.2 Å². The van der Waals surface area contributed by atoms with Crippen molar-refractivity contribution in [3.63, 3.8) is 0 Å². The zero-order valence-electron chi connectivity index (χ0n) is 11.8. The highest BCUT2D eigenvalue weighted by Crippen LogP contribution is 2.06. The molecule has 0 atom stereocenters. The van der Waals surface area contributed by atoms with Crippen molar-refractivity contribution in [1.82, 2.24) is 14.7 Å². The quantitative estimate of drug-likeness (QED) is 0.836. The molecule has 0 saturated heterocycles. The van der Waals surface area contributed by atoms with Gasteiger partial charge in [-0.1, -0.05) is 27.7 Å². The summed E-state index contributed by atoms with van der Waals surface area (Å²) in [5, 5.41) is 4.04. The minimum atomic E-state index is 0.0977. The van der Waals surface area contributed by atoms with E-state index in [-0.39, 0.29) is 12.5 Å². The van der Waals surface area contributed by atoms with Gasteiger partial charge >= 0.3 is 0 Å². The fourth-order valence-corrected chi connectivity index (χ4v) is 1.86. The minimum Gasteiger partial charge on any atom is -0.396 e. The van der Waals surface area contributed by atoms with E-state index in [0.717, 1.165) is 13.1 Å². The predicted molar refractivity (Wildman–Crippen MR) is 72.9 cm³/mol. The van der Waals surface area contributed by atoms with Crippen LogP contribution < -0.4 is 5.73 Å². The third kappa shape index (κ3) is 4.77. The van der Waals surface area contributed by atoms with Gasteiger partial charge in [-0.25, -0.2) is 0 Å². The lowest BCUT2D eigenvalue weighted by Gasteiger charge is -2.26. The zero-order valence-corrected chi connectivity index (χ0v) is 11.8. The first-order valence-electron chi connectivity index (χ1n) is 6.44. The second-order valence-electron chi connectivity index (χ2n) is 5.56. The van der Waals surface area contributed by atoms with Gasteiger partial charge in [0.05, 0.1) is 11.9 Å². The predicted octanol–water partition coefficient (Wildman–Crippen LogP) is 1.61. The van der Waals surface area contributed by atoms with E-state index < -0.39 is 0 Å². The van der Waals surface area contributed by atoms with Crippen molar-refractivity contribution in [2.24, 2.45) is 11.8 Å². The molecule has 0 spiro atoms. The summed E-state index contributed by atoms with van der Waals surface area (Å²) in [5.41, 5.74) is 6.17. The molecule has 1 aromatic rings. The molecule has 0 unspecified atom stereocenters. The minimum absolute atomic E-state index is 0.0977. The Morgan fingerprint density at radius 1 is 1.33 bits per heavy atom. The molecule has 0 aliphatic carbocycles. The molecular formula is C13H24N4O. The second-order valence-corrected chi connectivity index (χ2v) is 5.56. The number of hydrogen-bond donors (Lipinski definition) is 1. The third-order valence-corrected chi connectivity index (χ3v) is 2.47. The maximum absolute atomic E-state index is 12.2. The lowest BCUT2D eigenvalue weighted by atomic mass is 10.1. The SMILES string of the molecule is CC(C)CN(CC(C)C)C(=O)Cn1cc(N)cn1. The van der Waals surface area contributed by atoms with Crippen molar-refractivity contribution in [1.29, 1.82) is 0 Å². The maximum atomic E-state index is 12.2. The van der Waals surface area contributed by atoms with E-state index in [0.29, 0.717) is 17.5 Å². The van der Waals surface area contributed by atoms with E-state index in [9.17, 15) is 4.79 Å². The number of carbonyl (C=O) groups excluding carboxylic acids is 1. The van der Waals surface area contributed by atoms with E-state index in [4.69, 9.17) is 5.73 Å². The third-order valence-electron chi connectivity index (χ3n) is 2.47. The van der Waals surface area contributed by atoms with Crippen LogP contribution in [0.2, 0.25) is 0 Å². The van der Waals surface area contributed by atoms with E-state index in [1.165, 1.54) is 0 Å². The molecule has 0 aromatic carbocycles. The van der Waals surface area contributed by atoms with Gasteiger partial charge < -0.3 is 10.6 Å². The van der Waals surface area contributed by atoms with E-state index in [1.807, 2.05) is 4.90 Å². The van der Waals surface area contributed by atoms with Crippen molar-refractivity contribution >= 4 is 11.6 Å². The Balaban J connectivity index is 2.63. The molecule has 1 heterocycles. The van der Waals surface area contributed by atoms with Gasteiger partial charge in [-0.15, -0.1) is 0 Å². The van der Waals surface area contributed by atoms with Crippen LogP contribution in [0.1, 0.15) is 27.7 Å². The summed E-state index contributed by atoms with van der Waals surface area (Å²) in [7, 11) is 0. The van der Waals surface area contributed by atoms with Gasteiger partial charge in [0.15, 0.2) is 0 Å². The number of nitrogens with two attached hydrogens (primary N) is 1. The number of rotatable bonds is 6. The molecule has 0 aliphatic rings. The van der Waals surface area contributed by atoms with Crippen LogP contribution in [0.25, 0.3) is 0 Å². The fourth-order valence-electron chi connectivity index (χ4n) is 1.86. The Kier molecular flexibility index (Phi) is 5.19. The smallest absolute Gasteiger partial charge is 0.244 e. The molecule has 0 fully saturated rings. The molecule has 18 heavy (non-hydrogen) atoms. The molecule has 0 radical (unpaired) electrons. The van der Waals surface area contributed by atoms with Gasteiger partial charge in [0.2, 0.25) is 5.91 Å². The molecular weight excluding hydrogens is 228 g/mol. The Labute approximate surface area is 109 Å². The van der Waals surface area contributed by atoms with Crippen molar-refractivity contribution in [3.8, 4) is 0 Å². The van der Waals surface area contributed by atoms with Crippen molar-refractivity contribution < 1.29 is 4.79 Å². The average Bonchev–Trinajstić information content (AvgIpc) is 2.61. The summed E-state index contributed by atoms with van der Waals surface area (Å²) >= 11 is 0. The highest BCUT2D eigenvalue weighted by Gasteiger charge is 2.16. The number of aromatic nitrogens is 2. The van der Waals surface area contributed by atoms with Crippen molar-refractivity contribution in [2.75, 3.05) is 18.8 Å². The highest BCUT2D eigenvalue weighted by atomic mass is 16.2. The lowest BCUT2D eigenvalue weighted by Crippen LogP contribution is -2.39. The van der Waals surface area contributed by atoms with Crippen LogP contribution in [0.15, 0.2) is 12.4 Å². The Morgan fingerprint density at radius 2 is 1.89 bits per heavy atom. The van der Waals surface area contributed by atoms with Gasteiger partial charge in [-0.2, -0.15) is 5.10 Å². The first-order chi connectivity index (χ1) is 8.38. The summed E-state index contributed by atoms with van der Waals surface area (Å²) in [6.07, 6.45) is 3.24. The van der Waals surface area contributed by atoms with Crippen LogP contribution in [-0.2, 0) is 11.3 Å². The first-order valence-corrected chi connectivity index (χ1v) is 6.44. The normalized spacial score (nSPS) is 11.2. The van der Waals surface area contributed by atoms with Crippen LogP contribution in [0.3, 0.4) is 0 Å². The molecule has 0 saturated carbocycles. The molecule has 5 heteroatoms. The van der Waals surface area contributed by atoms with Gasteiger partial charge in [0.1, 0.15) is 6.54 Å². The summed E-state index contributed by atoms with van der Waals surface area (Å²) in [4.78, 5) is 14.1. The molecule has 0 aliphatic heterocycles. The largest absolute Gasteiger partial charge is 0.396 e. The van der Waals surface area contributed by atoms with Gasteiger partial charge in [-0.3, -0.25) is 9.48 Å². The second kappa shape index (κ2) is 6.42. The number of amides is 1. The van der Waals surface area contributed by atoms with Crippen LogP contribution in [0.5, 0.6) is 0 Å². The first kappa shape index (κ1) is 14.5. The number of anilines is 1. The molecule has 2 N–H and O–H groups in total. The van der Waals surface area contributed by atoms with Crippen LogP contribution in [0.4, 0.5) is 5.69 Å². The number of hydrogen-bond acceptors (Lipinski definition) is 3. The van der Waals surface area contributed by atoms with Gasteiger partial charge in [0, 0.05) is 19.3 Å². The molecule has 1 rings (SSSR count). The molecule has 102 valence electrons. The standard InChI is InChI=1S/C13H24N4O/c1-10(2)6-16(7-11(3)4)13(18)9-17-8-12(14)5-15-17/h5,8,10-11H,6-7,9,14H2,1-4H3. The van der Waals surface area contributed by atoms with Crippen molar-refractivity contribution in [3.05, 3.63) is 12.4 Å². The maximum Gasteiger partial charge on any atom is 0.244 e. The van der Waals surface area contributed by atoms with Crippen molar-refractivity contribution in [2.45, 2.75) is 34.2 Å². The Bertz CT molecular complexity index is 374. The summed E-state index contributed by atoms with van der Waals surface area (Å²) in [5.74, 6) is 1.03. The van der Waals surface area contributed by atoms with Crippen LogP contribution in [-0.4, -0.2) is 33.7 Å². The lowest BCUT2D eigenvalue weighted by molar-refractivity contribution is -0.133. The monoisotopic (exact) mass is 252 g/mol. The molecule has 1 aromatic heterocycles. The van der Waals surface area contributed by atoms with Gasteiger partial charge in [0.25, 0.3) is 0 Å². The fraction of sp³-hybridized carbons (Fsp3) is 0.692. The average molecular weight is 252 g/mol.